The van der Waals surface area contributed by atoms with E-state index in [1.54, 1.807) is 0 Å². The van der Waals surface area contributed by atoms with Crippen LogP contribution in [0.15, 0.2) is 0 Å². The standard InChI is InChI=1S/C12H21NO3/c1-9-4-5-11(16-9)8-13-6-2-3-10(7-13)12(14)15/h9-11H,2-8H2,1H3,(H,14,15). The average Bonchev–Trinajstić information content (AvgIpc) is 2.64. The highest BCUT2D eigenvalue weighted by Gasteiger charge is 2.29. The molecular formula is C12H21NO3. The number of carboxylic acids is 1. The van der Waals surface area contributed by atoms with Gasteiger partial charge in [-0.05, 0) is 39.2 Å². The van der Waals surface area contributed by atoms with Crippen LogP contribution in [0, 0.1) is 5.92 Å². The summed E-state index contributed by atoms with van der Waals surface area (Å²) >= 11 is 0. The van der Waals surface area contributed by atoms with Crippen molar-refractivity contribution in [1.82, 2.24) is 4.90 Å². The van der Waals surface area contributed by atoms with Gasteiger partial charge in [0.2, 0.25) is 0 Å². The topological polar surface area (TPSA) is 49.8 Å². The lowest BCUT2D eigenvalue weighted by Crippen LogP contribution is -2.42. The zero-order valence-electron chi connectivity index (χ0n) is 9.89. The molecule has 0 aromatic rings. The van der Waals surface area contributed by atoms with E-state index in [0.717, 1.165) is 38.8 Å². The molecule has 0 bridgehead atoms. The maximum absolute atomic E-state index is 10.9. The second-order valence-electron chi connectivity index (χ2n) is 5.08. The van der Waals surface area contributed by atoms with Crippen LogP contribution in [-0.2, 0) is 9.53 Å². The highest BCUT2D eigenvalue weighted by Crippen LogP contribution is 2.22. The van der Waals surface area contributed by atoms with Crippen LogP contribution in [0.2, 0.25) is 0 Å². The van der Waals surface area contributed by atoms with E-state index in [9.17, 15) is 4.79 Å². The van der Waals surface area contributed by atoms with Crippen molar-refractivity contribution in [2.75, 3.05) is 19.6 Å². The number of nitrogens with zero attached hydrogens (tertiary/aromatic N) is 1. The Balaban J connectivity index is 1.79. The quantitative estimate of drug-likeness (QED) is 0.790. The van der Waals surface area contributed by atoms with Gasteiger partial charge >= 0.3 is 5.97 Å². The van der Waals surface area contributed by atoms with Gasteiger partial charge in [-0.25, -0.2) is 0 Å². The van der Waals surface area contributed by atoms with E-state index in [1.807, 2.05) is 0 Å². The molecule has 0 aliphatic carbocycles. The van der Waals surface area contributed by atoms with Crippen molar-refractivity contribution in [3.05, 3.63) is 0 Å². The first kappa shape index (κ1) is 11.9. The van der Waals surface area contributed by atoms with Crippen molar-refractivity contribution in [2.45, 2.75) is 44.8 Å². The molecule has 2 heterocycles. The summed E-state index contributed by atoms with van der Waals surface area (Å²) in [6.07, 6.45) is 4.79. The molecule has 3 unspecified atom stereocenters. The van der Waals surface area contributed by atoms with Gasteiger partial charge in [-0.15, -0.1) is 0 Å². The Hall–Kier alpha value is -0.610. The molecular weight excluding hydrogens is 206 g/mol. The lowest BCUT2D eigenvalue weighted by Gasteiger charge is -2.32. The molecule has 0 saturated carbocycles. The lowest BCUT2D eigenvalue weighted by molar-refractivity contribution is -0.143. The SMILES string of the molecule is CC1CCC(CN2CCCC(C(=O)O)C2)O1. The van der Waals surface area contributed by atoms with Gasteiger partial charge in [-0.2, -0.15) is 0 Å². The third-order valence-corrected chi connectivity index (χ3v) is 3.64. The van der Waals surface area contributed by atoms with Gasteiger partial charge in [-0.1, -0.05) is 0 Å². The number of likely N-dealkylation sites (tertiary alicyclic amines) is 1. The van der Waals surface area contributed by atoms with Gasteiger partial charge in [-0.3, -0.25) is 9.69 Å². The first-order valence-corrected chi connectivity index (χ1v) is 6.26. The van der Waals surface area contributed by atoms with E-state index in [4.69, 9.17) is 9.84 Å². The molecule has 0 radical (unpaired) electrons. The van der Waals surface area contributed by atoms with Crippen LogP contribution in [0.4, 0.5) is 0 Å². The van der Waals surface area contributed by atoms with Crippen LogP contribution < -0.4 is 0 Å². The van der Waals surface area contributed by atoms with Crippen LogP contribution in [0.5, 0.6) is 0 Å². The van der Waals surface area contributed by atoms with Gasteiger partial charge in [0.1, 0.15) is 0 Å². The van der Waals surface area contributed by atoms with Gasteiger partial charge in [0.25, 0.3) is 0 Å². The number of hydrogen-bond donors (Lipinski definition) is 1. The molecule has 0 aromatic carbocycles. The fourth-order valence-electron chi connectivity index (χ4n) is 2.73. The third-order valence-electron chi connectivity index (χ3n) is 3.64. The highest BCUT2D eigenvalue weighted by molar-refractivity contribution is 5.70. The van der Waals surface area contributed by atoms with Crippen molar-refractivity contribution >= 4 is 5.97 Å². The second kappa shape index (κ2) is 5.15. The smallest absolute Gasteiger partial charge is 0.307 e. The summed E-state index contributed by atoms with van der Waals surface area (Å²) in [5, 5.41) is 9.00. The third kappa shape index (κ3) is 2.95. The Kier molecular flexibility index (Phi) is 3.82. The van der Waals surface area contributed by atoms with Gasteiger partial charge < -0.3 is 9.84 Å². The fraction of sp³-hybridized carbons (Fsp3) is 0.917. The zero-order valence-corrected chi connectivity index (χ0v) is 9.89. The van der Waals surface area contributed by atoms with E-state index in [0.29, 0.717) is 18.8 Å². The summed E-state index contributed by atoms with van der Waals surface area (Å²) in [4.78, 5) is 13.2. The summed E-state index contributed by atoms with van der Waals surface area (Å²) in [5.41, 5.74) is 0. The number of carbonyl (C=O) groups is 1. The first-order chi connectivity index (χ1) is 7.65. The molecule has 0 amide bonds. The molecule has 2 rings (SSSR count). The molecule has 2 saturated heterocycles. The number of rotatable bonds is 3. The van der Waals surface area contributed by atoms with E-state index < -0.39 is 5.97 Å². The molecule has 4 nitrogen and oxygen atoms in total. The Bertz CT molecular complexity index is 257. The molecule has 0 aromatic heterocycles. The van der Waals surface area contributed by atoms with Crippen LogP contribution in [0.1, 0.15) is 32.6 Å². The predicted octanol–water partition coefficient (Wildman–Crippen LogP) is 1.35. The zero-order chi connectivity index (χ0) is 11.5. The summed E-state index contributed by atoms with van der Waals surface area (Å²) in [6, 6.07) is 0. The lowest BCUT2D eigenvalue weighted by atomic mass is 9.98. The van der Waals surface area contributed by atoms with E-state index in [1.165, 1.54) is 0 Å². The van der Waals surface area contributed by atoms with Crippen molar-refractivity contribution in [3.63, 3.8) is 0 Å². The van der Waals surface area contributed by atoms with Gasteiger partial charge in [0.05, 0.1) is 18.1 Å². The minimum absolute atomic E-state index is 0.174. The number of aliphatic carboxylic acids is 1. The van der Waals surface area contributed by atoms with E-state index >= 15 is 0 Å². The highest BCUT2D eigenvalue weighted by atomic mass is 16.5. The first-order valence-electron chi connectivity index (χ1n) is 6.26. The maximum atomic E-state index is 10.9. The molecule has 2 aliphatic rings. The fourth-order valence-corrected chi connectivity index (χ4v) is 2.73. The summed E-state index contributed by atoms with van der Waals surface area (Å²) < 4.78 is 5.77. The van der Waals surface area contributed by atoms with Gasteiger partial charge in [0, 0.05) is 13.1 Å². The molecule has 3 atom stereocenters. The normalized spacial score (nSPS) is 36.4. The Labute approximate surface area is 96.6 Å². The number of piperidine rings is 1. The van der Waals surface area contributed by atoms with Crippen LogP contribution in [0.25, 0.3) is 0 Å². The largest absolute Gasteiger partial charge is 0.481 e. The minimum Gasteiger partial charge on any atom is -0.481 e. The summed E-state index contributed by atoms with van der Waals surface area (Å²) in [6.45, 7) is 4.74. The molecule has 4 heteroatoms. The number of carboxylic acid groups (broad SMARTS) is 1. The van der Waals surface area contributed by atoms with E-state index in [2.05, 4.69) is 11.8 Å². The monoisotopic (exact) mass is 227 g/mol. The molecule has 92 valence electrons. The molecule has 16 heavy (non-hydrogen) atoms. The van der Waals surface area contributed by atoms with Crippen LogP contribution in [0.3, 0.4) is 0 Å². The Morgan fingerprint density at radius 3 is 2.88 bits per heavy atom. The predicted molar refractivity (Wildman–Crippen MR) is 60.4 cm³/mol. The Morgan fingerprint density at radius 2 is 2.25 bits per heavy atom. The van der Waals surface area contributed by atoms with Crippen LogP contribution in [-0.4, -0.2) is 47.8 Å². The van der Waals surface area contributed by atoms with Crippen molar-refractivity contribution in [1.29, 1.82) is 0 Å². The van der Waals surface area contributed by atoms with E-state index in [-0.39, 0.29) is 5.92 Å². The molecule has 0 spiro atoms. The number of ether oxygens (including phenoxy) is 1. The number of hydrogen-bond acceptors (Lipinski definition) is 3. The summed E-state index contributed by atoms with van der Waals surface area (Å²) in [5.74, 6) is -0.821. The molecule has 2 aliphatic heterocycles. The molecule has 1 N–H and O–H groups in total. The summed E-state index contributed by atoms with van der Waals surface area (Å²) in [7, 11) is 0. The van der Waals surface area contributed by atoms with Crippen molar-refractivity contribution in [2.24, 2.45) is 5.92 Å². The molecule has 2 fully saturated rings. The van der Waals surface area contributed by atoms with Crippen molar-refractivity contribution < 1.29 is 14.6 Å². The Morgan fingerprint density at radius 1 is 1.44 bits per heavy atom. The second-order valence-corrected chi connectivity index (χ2v) is 5.08. The minimum atomic E-state index is -0.648. The maximum Gasteiger partial charge on any atom is 0.307 e. The van der Waals surface area contributed by atoms with Gasteiger partial charge in [0.15, 0.2) is 0 Å². The average molecular weight is 227 g/mol. The van der Waals surface area contributed by atoms with Crippen LogP contribution >= 0.6 is 0 Å². The van der Waals surface area contributed by atoms with Crippen molar-refractivity contribution in [3.8, 4) is 0 Å².